The van der Waals surface area contributed by atoms with Crippen molar-refractivity contribution in [2.24, 2.45) is 11.3 Å². The Balaban J connectivity index is 0.890. The molecule has 0 radical (unpaired) electrons. The Kier molecular flexibility index (Phi) is 45.7. The van der Waals surface area contributed by atoms with Crippen molar-refractivity contribution in [3.63, 3.8) is 0 Å². The molecule has 54 nitrogen and oxygen atoms in total. The van der Waals surface area contributed by atoms with Gasteiger partial charge in [-0.1, -0.05) is 6.92 Å². The van der Waals surface area contributed by atoms with Crippen molar-refractivity contribution in [3.05, 3.63) is 0 Å². The van der Waals surface area contributed by atoms with Crippen LogP contribution < -0.4 is 21.3 Å². The first-order chi connectivity index (χ1) is 61.0. The number of hydrogen-bond acceptors (Lipinski definition) is 50. The highest BCUT2D eigenvalue weighted by atomic mass is 16.8. The first-order valence-electron chi connectivity index (χ1n) is 41.9. The maximum Gasteiger partial charge on any atom is 0.222 e. The number of carbonyl (C=O) groups is 4. The van der Waals surface area contributed by atoms with Crippen LogP contribution in [-0.2, 0) is 114 Å². The average Bonchev–Trinajstić information content (AvgIpc) is 0.759. The number of aliphatic hydroxyl groups is 26. The molecule has 54 heteroatoms. The van der Waals surface area contributed by atoms with Crippen LogP contribution in [0.25, 0.3) is 0 Å². The molecule has 0 spiro atoms. The number of rotatable bonds is 51. The third-order valence-electron chi connectivity index (χ3n) is 22.5. The van der Waals surface area contributed by atoms with E-state index in [-0.39, 0.29) is 117 Å². The summed E-state index contributed by atoms with van der Waals surface area (Å²) in [5.41, 5.74) is -1.42. The van der Waals surface area contributed by atoms with E-state index in [0.29, 0.717) is 0 Å². The van der Waals surface area contributed by atoms with Crippen LogP contribution in [0.3, 0.4) is 0 Å². The fourth-order valence-electron chi connectivity index (χ4n) is 14.6. The van der Waals surface area contributed by atoms with Gasteiger partial charge < -0.3 is 249 Å². The first kappa shape index (κ1) is 109. The fourth-order valence-corrected chi connectivity index (χ4v) is 14.6. The van der Waals surface area contributed by atoms with Gasteiger partial charge in [-0.25, -0.2) is 0 Å². The standard InChI is InChI=1S/C74H130N4O50/c1-3-75-39(84)4-11-109-26-74(27-110-12-5-40(85)76-8-15-113-66-57(102)55(100)48(93)36(124-66)23-116-67-58(103)51(96)44(89)32(19-80)120-67,28-111-13-6-41(86)77-9-16-114-70-62(107)64(127-72-56(101)43(88)30(2)31(18-79)119-72)49(94)37(125-70)24-117-68-59(104)52(97)45(90)33(20-81)121-68)29-112-14-7-42(87)78-10-17-115-71-63(108)65(128-73-61(106)54(99)47(92)35(22-83)123-73)50(95)38(126-71)25-118-69-60(105)53(98)46(91)34(21-82)122-69/h30-38,43-73,79-83,88-108H,3-29H2,1-2H3,(H,75,84)(H,76,85)(H,77,86)(H,78,87)/t30-,31-,32-,33-,34-,35-,36-,37-,38-,43+,44-,45-,46-,47-,48-,49-,50-,51+,52+,53+,54+,55+,56+,57+,58+,59+,60+,61+,62+,63+,64+,65+,66+,67+,68+,69+,70+,71+,72-,73-,74?/m1/s1. The van der Waals surface area contributed by atoms with Crippen LogP contribution >= 0.6 is 0 Å². The van der Waals surface area contributed by atoms with Gasteiger partial charge in [0, 0.05) is 57.8 Å². The zero-order valence-electron chi connectivity index (χ0n) is 70.1. The van der Waals surface area contributed by atoms with Gasteiger partial charge in [-0.05, 0) is 6.92 Å². The van der Waals surface area contributed by atoms with E-state index < -0.39 is 335 Å². The molecule has 0 aliphatic carbocycles. The van der Waals surface area contributed by atoms with Crippen molar-refractivity contribution in [2.75, 3.05) is 152 Å². The zero-order valence-corrected chi connectivity index (χ0v) is 70.1. The molecule has 4 amide bonds. The van der Waals surface area contributed by atoms with E-state index in [1.165, 1.54) is 6.92 Å². The number of aliphatic hydroxyl groups excluding tert-OH is 26. The maximum atomic E-state index is 13.5. The lowest BCUT2D eigenvalue weighted by molar-refractivity contribution is -0.366. The van der Waals surface area contributed by atoms with Gasteiger partial charge in [0.05, 0.1) is 143 Å². The van der Waals surface area contributed by atoms with Gasteiger partial charge in [-0.2, -0.15) is 0 Å². The Morgan fingerprint density at radius 3 is 0.797 bits per heavy atom. The third kappa shape index (κ3) is 29.8. The van der Waals surface area contributed by atoms with Crippen molar-refractivity contribution in [2.45, 2.75) is 279 Å². The topological polar surface area (TPSA) is 827 Å². The van der Waals surface area contributed by atoms with E-state index in [4.69, 9.17) is 94.7 Å². The van der Waals surface area contributed by atoms with Gasteiger partial charge >= 0.3 is 0 Å². The summed E-state index contributed by atoms with van der Waals surface area (Å²) < 4.78 is 114. The molecule has 0 saturated carbocycles. The first-order valence-corrected chi connectivity index (χ1v) is 41.9. The van der Waals surface area contributed by atoms with Gasteiger partial charge in [0.1, 0.15) is 177 Å². The lowest BCUT2D eigenvalue weighted by Crippen LogP contribution is -2.65. The zero-order chi connectivity index (χ0) is 94.0. The molecule has 0 aromatic rings. The number of carbonyl (C=O) groups excluding carboxylic acids is 4. The Labute approximate surface area is 731 Å². The Morgan fingerprint density at radius 2 is 0.500 bits per heavy atom. The predicted molar refractivity (Wildman–Crippen MR) is 407 cm³/mol. The second kappa shape index (κ2) is 53.5. The van der Waals surface area contributed by atoms with Gasteiger partial charge in [-0.15, -0.1) is 0 Å². The van der Waals surface area contributed by atoms with Crippen molar-refractivity contribution in [3.8, 4) is 0 Å². The average molecular weight is 1880 g/mol. The van der Waals surface area contributed by atoms with Crippen LogP contribution in [-0.4, -0.2) is 548 Å². The van der Waals surface area contributed by atoms with Gasteiger partial charge in [0.15, 0.2) is 50.3 Å². The minimum absolute atomic E-state index is 0.137. The van der Waals surface area contributed by atoms with E-state index >= 15 is 0 Å². The van der Waals surface area contributed by atoms with Crippen LogP contribution in [0, 0.1) is 11.3 Å². The Hall–Kier alpha value is -3.96. The largest absolute Gasteiger partial charge is 0.394 e. The molecule has 8 aliphatic rings. The maximum absolute atomic E-state index is 13.5. The SMILES string of the molecule is CCNC(=O)CCOCC(COCCC(=O)NCCO[C@H]1O[C@H](CO[C@H]2O[C@H](CO)[C@@H](O)[C@H](O)[C@@H]2O)[C@@H](O)[C@H](O)[C@@H]1O)(COCCC(=O)NCCO[C@H]1O[C@H](CO[C@H]2O[C@H](CO)[C@@H](O)[C@H](O)[C@@H]2O)[C@@H](O)[C@H](O[C@H]2O[C@H](CO)[C@@H](O)[C@H](O)[C@@H]2O)[C@@H]1O)COCCC(=O)NCCO[C@H]1O[C@H](CO[C@H]2O[C@H](CO)[C@@H](O)[C@H](O)[C@@H]2O)[C@@H](O)[C@H](O[C@H]2O[C@H](CO)[C@@H](C)[C@H](O)[C@@H]2O)[C@@H]1O. The molecule has 746 valence electrons. The minimum Gasteiger partial charge on any atom is -0.394 e. The van der Waals surface area contributed by atoms with Crippen molar-refractivity contribution in [1.82, 2.24) is 21.3 Å². The smallest absolute Gasteiger partial charge is 0.222 e. The summed E-state index contributed by atoms with van der Waals surface area (Å²) in [4.78, 5) is 52.8. The second-order valence-electron chi connectivity index (χ2n) is 31.9. The van der Waals surface area contributed by atoms with E-state index in [2.05, 4.69) is 21.3 Å². The molecular formula is C74H130N4O50. The van der Waals surface area contributed by atoms with E-state index in [1.54, 1.807) is 6.92 Å². The normalized spacial score (nSPS) is 41.2. The van der Waals surface area contributed by atoms with Crippen molar-refractivity contribution in [1.29, 1.82) is 0 Å². The summed E-state index contributed by atoms with van der Waals surface area (Å²) in [7, 11) is 0. The molecule has 8 fully saturated rings. The highest BCUT2D eigenvalue weighted by molar-refractivity contribution is 5.77. The predicted octanol–water partition coefficient (Wildman–Crippen LogP) is -19.1. The third-order valence-corrected chi connectivity index (χ3v) is 22.5. The van der Waals surface area contributed by atoms with Gasteiger partial charge in [0.2, 0.25) is 23.6 Å². The molecular weight excluding hydrogens is 1740 g/mol. The fraction of sp³-hybridized carbons (Fsp3) is 0.946. The summed E-state index contributed by atoms with van der Waals surface area (Å²) in [6.45, 7) is -7.44. The van der Waals surface area contributed by atoms with E-state index in [1.807, 2.05) is 0 Å². The minimum atomic E-state index is -2.04. The highest BCUT2D eigenvalue weighted by Gasteiger charge is 2.56. The molecule has 0 aromatic carbocycles. The Morgan fingerprint density at radius 1 is 0.266 bits per heavy atom. The number of nitrogens with one attached hydrogen (secondary N) is 4. The molecule has 0 aromatic heterocycles. The van der Waals surface area contributed by atoms with Crippen molar-refractivity contribution >= 4 is 23.6 Å². The quantitative estimate of drug-likeness (QED) is 0.0252. The van der Waals surface area contributed by atoms with Crippen LogP contribution in [0.2, 0.25) is 0 Å². The summed E-state index contributed by atoms with van der Waals surface area (Å²) in [5, 5.41) is 284. The summed E-state index contributed by atoms with van der Waals surface area (Å²) >= 11 is 0. The van der Waals surface area contributed by atoms with Crippen molar-refractivity contribution < 1.29 is 247 Å². The number of hydrogen-bond donors (Lipinski definition) is 30. The lowest BCUT2D eigenvalue weighted by Gasteiger charge is -2.47. The molecule has 128 heavy (non-hydrogen) atoms. The van der Waals surface area contributed by atoms with Crippen LogP contribution in [0.15, 0.2) is 0 Å². The second-order valence-corrected chi connectivity index (χ2v) is 31.9. The number of ether oxygens (including phenoxy) is 20. The van der Waals surface area contributed by atoms with Crippen LogP contribution in [0.5, 0.6) is 0 Å². The Bertz CT molecular complexity index is 3060. The summed E-state index contributed by atoms with van der Waals surface area (Å²) in [6, 6.07) is 0. The van der Waals surface area contributed by atoms with Gasteiger partial charge in [0.25, 0.3) is 0 Å². The summed E-state index contributed by atoms with van der Waals surface area (Å²) in [6.07, 6.45) is -69.4. The summed E-state index contributed by atoms with van der Waals surface area (Å²) in [5.74, 6) is -3.15. The molecule has 8 aliphatic heterocycles. The molecule has 0 bridgehead atoms. The van der Waals surface area contributed by atoms with E-state index in [9.17, 15) is 152 Å². The molecule has 8 heterocycles. The molecule has 8 rings (SSSR count). The highest BCUT2D eigenvalue weighted by Crippen LogP contribution is 2.36. The molecule has 41 atom stereocenters. The van der Waals surface area contributed by atoms with Crippen LogP contribution in [0.4, 0.5) is 0 Å². The molecule has 8 saturated heterocycles. The van der Waals surface area contributed by atoms with E-state index in [0.717, 1.165) is 0 Å². The molecule has 30 N–H and O–H groups in total. The molecule has 1 unspecified atom stereocenters. The monoisotopic (exact) mass is 1870 g/mol. The number of amides is 4. The van der Waals surface area contributed by atoms with Crippen LogP contribution in [0.1, 0.15) is 39.5 Å². The lowest BCUT2D eigenvalue weighted by atomic mass is 9.91. The van der Waals surface area contributed by atoms with Gasteiger partial charge in [-0.3, -0.25) is 19.2 Å².